The Labute approximate surface area is 103 Å². The molecule has 0 radical (unpaired) electrons. The molecule has 1 N–H and O–H groups in total. The molecule has 17 heavy (non-hydrogen) atoms. The highest BCUT2D eigenvalue weighted by Crippen LogP contribution is 2.36. The van der Waals surface area contributed by atoms with Gasteiger partial charge in [-0.2, -0.15) is 0 Å². The van der Waals surface area contributed by atoms with E-state index in [1.165, 1.54) is 17.5 Å². The van der Waals surface area contributed by atoms with Crippen molar-refractivity contribution in [2.24, 2.45) is 0 Å². The second kappa shape index (κ2) is 5.75. The maximum atomic E-state index is 5.71. The fraction of sp³-hybridized carbons (Fsp3) is 0.467. The first-order valence-electron chi connectivity index (χ1n) is 6.24. The first-order valence-corrected chi connectivity index (χ1v) is 6.24. The van der Waals surface area contributed by atoms with Crippen LogP contribution < -0.4 is 10.1 Å². The number of nitrogens with one attached hydrogen (secondary N) is 1. The number of hydrogen-bond acceptors (Lipinski definition) is 2. The van der Waals surface area contributed by atoms with Crippen molar-refractivity contribution in [3.05, 3.63) is 29.3 Å². The summed E-state index contributed by atoms with van der Waals surface area (Å²) in [6, 6.07) is 6.82. The lowest BCUT2D eigenvalue weighted by Crippen LogP contribution is -2.18. The average Bonchev–Trinajstić information content (AvgIpc) is 2.75. The molecule has 0 saturated carbocycles. The van der Waals surface area contributed by atoms with Gasteiger partial charge in [-0.25, -0.2) is 0 Å². The van der Waals surface area contributed by atoms with Gasteiger partial charge < -0.3 is 10.1 Å². The number of benzene rings is 1. The van der Waals surface area contributed by atoms with Crippen molar-refractivity contribution in [3.63, 3.8) is 0 Å². The van der Waals surface area contributed by atoms with E-state index in [4.69, 9.17) is 4.74 Å². The highest BCUT2D eigenvalue weighted by atomic mass is 16.5. The summed E-state index contributed by atoms with van der Waals surface area (Å²) in [4.78, 5) is 0. The minimum Gasteiger partial charge on any atom is -0.481 e. The SMILES string of the molecule is CC#CCOc1cccc2c1CCC2NCC. The summed E-state index contributed by atoms with van der Waals surface area (Å²) < 4.78 is 5.71. The van der Waals surface area contributed by atoms with Crippen LogP contribution in [-0.2, 0) is 6.42 Å². The number of hydrogen-bond donors (Lipinski definition) is 1. The predicted molar refractivity (Wildman–Crippen MR) is 70.1 cm³/mol. The number of ether oxygens (including phenoxy) is 1. The van der Waals surface area contributed by atoms with E-state index in [2.05, 4.69) is 36.2 Å². The fourth-order valence-electron chi connectivity index (χ4n) is 2.40. The third-order valence-corrected chi connectivity index (χ3v) is 3.15. The van der Waals surface area contributed by atoms with Crippen LogP contribution in [0.4, 0.5) is 0 Å². The Morgan fingerprint density at radius 1 is 1.47 bits per heavy atom. The van der Waals surface area contributed by atoms with Crippen LogP contribution in [-0.4, -0.2) is 13.2 Å². The van der Waals surface area contributed by atoms with E-state index in [1.807, 2.05) is 13.0 Å². The fourth-order valence-corrected chi connectivity index (χ4v) is 2.40. The summed E-state index contributed by atoms with van der Waals surface area (Å²) in [5.74, 6) is 6.79. The van der Waals surface area contributed by atoms with Crippen molar-refractivity contribution in [2.75, 3.05) is 13.2 Å². The van der Waals surface area contributed by atoms with E-state index in [1.54, 1.807) is 0 Å². The summed E-state index contributed by atoms with van der Waals surface area (Å²) in [6.07, 6.45) is 2.27. The Bertz CT molecular complexity index is 442. The van der Waals surface area contributed by atoms with Gasteiger partial charge in [0.2, 0.25) is 0 Å². The highest BCUT2D eigenvalue weighted by Gasteiger charge is 2.24. The smallest absolute Gasteiger partial charge is 0.149 e. The van der Waals surface area contributed by atoms with Gasteiger partial charge in [-0.05, 0) is 43.5 Å². The first kappa shape index (κ1) is 12.0. The lowest BCUT2D eigenvalue weighted by molar-refractivity contribution is 0.366. The number of rotatable bonds is 4. The lowest BCUT2D eigenvalue weighted by atomic mass is 10.1. The first-order chi connectivity index (χ1) is 8.36. The molecule has 0 aliphatic heterocycles. The van der Waals surface area contributed by atoms with Crippen molar-refractivity contribution in [1.82, 2.24) is 5.32 Å². The van der Waals surface area contributed by atoms with Gasteiger partial charge in [-0.1, -0.05) is 25.0 Å². The van der Waals surface area contributed by atoms with Crippen molar-refractivity contribution < 1.29 is 4.74 Å². The zero-order valence-electron chi connectivity index (χ0n) is 10.5. The molecule has 2 nitrogen and oxygen atoms in total. The van der Waals surface area contributed by atoms with Gasteiger partial charge in [0.05, 0.1) is 0 Å². The van der Waals surface area contributed by atoms with Crippen LogP contribution in [0.5, 0.6) is 5.75 Å². The van der Waals surface area contributed by atoms with Gasteiger partial charge in [-0.3, -0.25) is 0 Å². The lowest BCUT2D eigenvalue weighted by Gasteiger charge is -2.13. The molecule has 0 saturated heterocycles. The van der Waals surface area contributed by atoms with Gasteiger partial charge in [0.15, 0.2) is 0 Å². The van der Waals surface area contributed by atoms with Gasteiger partial charge in [0.1, 0.15) is 12.4 Å². The third kappa shape index (κ3) is 2.62. The summed E-state index contributed by atoms with van der Waals surface area (Å²) in [6.45, 7) is 5.48. The van der Waals surface area contributed by atoms with Crippen molar-refractivity contribution in [3.8, 4) is 17.6 Å². The molecule has 0 heterocycles. The van der Waals surface area contributed by atoms with Crippen LogP contribution in [0.2, 0.25) is 0 Å². The monoisotopic (exact) mass is 229 g/mol. The Hall–Kier alpha value is -1.46. The molecule has 1 aromatic carbocycles. The summed E-state index contributed by atoms with van der Waals surface area (Å²) in [5.41, 5.74) is 2.75. The van der Waals surface area contributed by atoms with Gasteiger partial charge in [0, 0.05) is 6.04 Å². The third-order valence-electron chi connectivity index (χ3n) is 3.15. The molecule has 0 aromatic heterocycles. The van der Waals surface area contributed by atoms with Gasteiger partial charge >= 0.3 is 0 Å². The molecule has 0 spiro atoms. The van der Waals surface area contributed by atoms with Crippen LogP contribution in [0.15, 0.2) is 18.2 Å². The van der Waals surface area contributed by atoms with E-state index in [-0.39, 0.29) is 0 Å². The standard InChI is InChI=1S/C15H19NO/c1-3-5-11-17-15-8-6-7-12-13(15)9-10-14(12)16-4-2/h6-8,14,16H,4,9-11H2,1-2H3. The Balaban J connectivity index is 2.16. The molecule has 1 aliphatic carbocycles. The van der Waals surface area contributed by atoms with Crippen LogP contribution in [0, 0.1) is 11.8 Å². The molecule has 0 bridgehead atoms. The van der Waals surface area contributed by atoms with E-state index in [0.717, 1.165) is 18.7 Å². The quantitative estimate of drug-likeness (QED) is 0.801. The Kier molecular flexibility index (Phi) is 4.06. The second-order valence-electron chi connectivity index (χ2n) is 4.19. The summed E-state index contributed by atoms with van der Waals surface area (Å²) >= 11 is 0. The minimum atomic E-state index is 0.485. The molecular formula is C15H19NO. The van der Waals surface area contributed by atoms with E-state index >= 15 is 0 Å². The molecule has 2 heteroatoms. The maximum Gasteiger partial charge on any atom is 0.149 e. The second-order valence-corrected chi connectivity index (χ2v) is 4.19. The van der Waals surface area contributed by atoms with E-state index < -0.39 is 0 Å². The van der Waals surface area contributed by atoms with Crippen LogP contribution in [0.1, 0.15) is 37.4 Å². The molecular weight excluding hydrogens is 210 g/mol. The molecule has 1 unspecified atom stereocenters. The van der Waals surface area contributed by atoms with Gasteiger partial charge in [0.25, 0.3) is 0 Å². The van der Waals surface area contributed by atoms with Gasteiger partial charge in [-0.15, -0.1) is 5.92 Å². The Morgan fingerprint density at radius 2 is 2.35 bits per heavy atom. The normalized spacial score (nSPS) is 17.2. The minimum absolute atomic E-state index is 0.485. The topological polar surface area (TPSA) is 21.3 Å². The van der Waals surface area contributed by atoms with Crippen molar-refractivity contribution in [2.45, 2.75) is 32.7 Å². The summed E-state index contributed by atoms with van der Waals surface area (Å²) in [5, 5.41) is 3.51. The zero-order chi connectivity index (χ0) is 12.1. The maximum absolute atomic E-state index is 5.71. The van der Waals surface area contributed by atoms with E-state index in [0.29, 0.717) is 12.6 Å². The molecule has 0 amide bonds. The molecule has 90 valence electrons. The highest BCUT2D eigenvalue weighted by molar-refractivity contribution is 5.45. The molecule has 1 aromatic rings. The van der Waals surface area contributed by atoms with Crippen LogP contribution in [0.25, 0.3) is 0 Å². The van der Waals surface area contributed by atoms with Crippen molar-refractivity contribution in [1.29, 1.82) is 0 Å². The molecule has 0 fully saturated rings. The van der Waals surface area contributed by atoms with Crippen molar-refractivity contribution >= 4 is 0 Å². The predicted octanol–water partition coefficient (Wildman–Crippen LogP) is 2.69. The van der Waals surface area contributed by atoms with E-state index in [9.17, 15) is 0 Å². The Morgan fingerprint density at radius 3 is 3.12 bits per heavy atom. The van der Waals surface area contributed by atoms with Crippen LogP contribution >= 0.6 is 0 Å². The number of fused-ring (bicyclic) bond motifs is 1. The summed E-state index contributed by atoms with van der Waals surface area (Å²) in [7, 11) is 0. The van der Waals surface area contributed by atoms with Crippen LogP contribution in [0.3, 0.4) is 0 Å². The molecule has 1 aliphatic rings. The molecule has 1 atom stereocenters. The average molecular weight is 229 g/mol. The molecule has 2 rings (SSSR count). The largest absolute Gasteiger partial charge is 0.481 e. The zero-order valence-corrected chi connectivity index (χ0v) is 10.5.